The Morgan fingerprint density at radius 2 is 2.39 bits per heavy atom. The lowest BCUT2D eigenvalue weighted by molar-refractivity contribution is 0.403. The van der Waals surface area contributed by atoms with Gasteiger partial charge in [0.1, 0.15) is 10.8 Å². The monoisotopic (exact) mass is 263 g/mol. The fourth-order valence-electron chi connectivity index (χ4n) is 2.68. The Morgan fingerprint density at radius 1 is 1.61 bits per heavy atom. The first kappa shape index (κ1) is 13.3. The van der Waals surface area contributed by atoms with E-state index in [2.05, 4.69) is 16.8 Å². The Morgan fingerprint density at radius 3 is 3.06 bits per heavy atom. The molecule has 0 saturated carbocycles. The fraction of sp³-hybridized carbons (Fsp3) is 0.571. The second-order valence-electron chi connectivity index (χ2n) is 5.05. The summed E-state index contributed by atoms with van der Waals surface area (Å²) in [4.78, 5) is 7.31. The van der Waals surface area contributed by atoms with E-state index in [4.69, 9.17) is 18.0 Å². The van der Waals surface area contributed by atoms with E-state index in [9.17, 15) is 0 Å². The third kappa shape index (κ3) is 2.64. The average molecular weight is 263 g/mol. The maximum atomic E-state index is 5.85. The van der Waals surface area contributed by atoms with Crippen LogP contribution in [0.5, 0.6) is 0 Å². The minimum atomic E-state index is 0.453. The summed E-state index contributed by atoms with van der Waals surface area (Å²) in [5.41, 5.74) is 7.92. The van der Waals surface area contributed by atoms with Crippen LogP contribution in [0.4, 0.5) is 5.82 Å². The third-order valence-electron chi connectivity index (χ3n) is 3.78. The SMILES string of the molecule is CCC1CCCN(c2nccc(C)c2C(N)=S)C1. The first-order chi connectivity index (χ1) is 8.63. The lowest BCUT2D eigenvalue weighted by atomic mass is 9.95. The molecule has 0 bridgehead atoms. The van der Waals surface area contributed by atoms with Crippen molar-refractivity contribution >= 4 is 23.0 Å². The van der Waals surface area contributed by atoms with Crippen LogP contribution in [0.15, 0.2) is 12.3 Å². The average Bonchev–Trinajstić information content (AvgIpc) is 2.38. The van der Waals surface area contributed by atoms with Gasteiger partial charge in [0.15, 0.2) is 0 Å². The molecule has 0 spiro atoms. The molecule has 0 aliphatic carbocycles. The van der Waals surface area contributed by atoms with Crippen molar-refractivity contribution in [1.82, 2.24) is 4.98 Å². The largest absolute Gasteiger partial charge is 0.389 e. The summed E-state index contributed by atoms with van der Waals surface area (Å²) in [6.45, 7) is 6.43. The van der Waals surface area contributed by atoms with E-state index in [1.54, 1.807) is 0 Å². The Kier molecular flexibility index (Phi) is 4.17. The number of nitrogens with zero attached hydrogens (tertiary/aromatic N) is 2. The smallest absolute Gasteiger partial charge is 0.139 e. The molecule has 1 fully saturated rings. The number of hydrogen-bond donors (Lipinski definition) is 1. The number of nitrogens with two attached hydrogens (primary N) is 1. The lowest BCUT2D eigenvalue weighted by Crippen LogP contribution is -2.37. The molecular formula is C14H21N3S. The Hall–Kier alpha value is -1.16. The topological polar surface area (TPSA) is 42.2 Å². The van der Waals surface area contributed by atoms with E-state index in [-0.39, 0.29) is 0 Å². The summed E-state index contributed by atoms with van der Waals surface area (Å²) in [5, 5.41) is 0. The number of hydrogen-bond acceptors (Lipinski definition) is 3. The summed E-state index contributed by atoms with van der Waals surface area (Å²) in [5.74, 6) is 1.74. The van der Waals surface area contributed by atoms with Crippen molar-refractivity contribution in [1.29, 1.82) is 0 Å². The number of rotatable bonds is 3. The third-order valence-corrected chi connectivity index (χ3v) is 3.99. The molecular weight excluding hydrogens is 242 g/mol. The van der Waals surface area contributed by atoms with E-state index in [0.29, 0.717) is 4.99 Å². The molecule has 1 atom stereocenters. The molecule has 2 rings (SSSR count). The van der Waals surface area contributed by atoms with Crippen molar-refractivity contribution in [2.24, 2.45) is 11.7 Å². The van der Waals surface area contributed by atoms with Crippen LogP contribution >= 0.6 is 12.2 Å². The summed E-state index contributed by atoms with van der Waals surface area (Å²) < 4.78 is 0. The van der Waals surface area contributed by atoms with Crippen molar-refractivity contribution in [3.05, 3.63) is 23.4 Å². The molecule has 98 valence electrons. The highest BCUT2D eigenvalue weighted by molar-refractivity contribution is 7.80. The molecule has 0 aromatic carbocycles. The van der Waals surface area contributed by atoms with Gasteiger partial charge < -0.3 is 10.6 Å². The molecule has 1 aromatic heterocycles. The van der Waals surface area contributed by atoms with Crippen LogP contribution in [0.2, 0.25) is 0 Å². The number of aromatic nitrogens is 1. The number of thiocarbonyl (C=S) groups is 1. The van der Waals surface area contributed by atoms with Crippen LogP contribution in [-0.4, -0.2) is 23.1 Å². The molecule has 2 heterocycles. The highest BCUT2D eigenvalue weighted by Crippen LogP contribution is 2.27. The standard InChI is InChI=1S/C14H21N3S/c1-3-11-5-4-8-17(9-11)14-12(13(15)18)10(2)6-7-16-14/h6-7,11H,3-5,8-9H2,1-2H3,(H2,15,18). The van der Waals surface area contributed by atoms with Gasteiger partial charge in [-0.1, -0.05) is 25.6 Å². The molecule has 0 amide bonds. The summed E-state index contributed by atoms with van der Waals surface area (Å²) in [7, 11) is 0. The second-order valence-corrected chi connectivity index (χ2v) is 5.49. The first-order valence-corrected chi connectivity index (χ1v) is 7.04. The molecule has 18 heavy (non-hydrogen) atoms. The Labute approximate surface area is 114 Å². The van der Waals surface area contributed by atoms with E-state index in [0.717, 1.165) is 36.0 Å². The van der Waals surface area contributed by atoms with Crippen LogP contribution in [0.25, 0.3) is 0 Å². The zero-order valence-electron chi connectivity index (χ0n) is 11.1. The van der Waals surface area contributed by atoms with Crippen LogP contribution in [0, 0.1) is 12.8 Å². The van der Waals surface area contributed by atoms with Gasteiger partial charge in [0, 0.05) is 19.3 Å². The number of piperidine rings is 1. The molecule has 2 N–H and O–H groups in total. The Bertz CT molecular complexity index is 445. The van der Waals surface area contributed by atoms with Gasteiger partial charge in [0.2, 0.25) is 0 Å². The Balaban J connectivity index is 2.32. The van der Waals surface area contributed by atoms with Gasteiger partial charge in [-0.3, -0.25) is 0 Å². The van der Waals surface area contributed by atoms with Crippen molar-refractivity contribution in [3.8, 4) is 0 Å². The molecule has 3 nitrogen and oxygen atoms in total. The van der Waals surface area contributed by atoms with E-state index in [1.165, 1.54) is 19.3 Å². The zero-order valence-corrected chi connectivity index (χ0v) is 12.0. The van der Waals surface area contributed by atoms with Crippen LogP contribution in [0.3, 0.4) is 0 Å². The molecule has 1 aliphatic heterocycles. The molecule has 1 saturated heterocycles. The summed E-state index contributed by atoms with van der Waals surface area (Å²) >= 11 is 5.18. The van der Waals surface area contributed by atoms with Crippen molar-refractivity contribution in [2.75, 3.05) is 18.0 Å². The molecule has 4 heteroatoms. The first-order valence-electron chi connectivity index (χ1n) is 6.63. The van der Waals surface area contributed by atoms with Gasteiger partial charge in [-0.05, 0) is 37.3 Å². The molecule has 0 radical (unpaired) electrons. The number of aryl methyl sites for hydroxylation is 1. The van der Waals surface area contributed by atoms with Crippen LogP contribution in [0.1, 0.15) is 37.3 Å². The minimum Gasteiger partial charge on any atom is -0.389 e. The molecule has 1 unspecified atom stereocenters. The maximum absolute atomic E-state index is 5.85. The molecule has 1 aliphatic rings. The minimum absolute atomic E-state index is 0.453. The van der Waals surface area contributed by atoms with Gasteiger partial charge in [-0.25, -0.2) is 4.98 Å². The normalized spacial score (nSPS) is 19.9. The van der Waals surface area contributed by atoms with Crippen LogP contribution < -0.4 is 10.6 Å². The highest BCUT2D eigenvalue weighted by Gasteiger charge is 2.22. The summed E-state index contributed by atoms with van der Waals surface area (Å²) in [6.07, 6.45) is 5.62. The van der Waals surface area contributed by atoms with E-state index < -0.39 is 0 Å². The van der Waals surface area contributed by atoms with E-state index in [1.807, 2.05) is 19.2 Å². The van der Waals surface area contributed by atoms with Gasteiger partial charge >= 0.3 is 0 Å². The van der Waals surface area contributed by atoms with Gasteiger partial charge in [-0.2, -0.15) is 0 Å². The second kappa shape index (κ2) is 5.65. The summed E-state index contributed by atoms with van der Waals surface area (Å²) in [6, 6.07) is 1.97. The zero-order chi connectivity index (χ0) is 13.1. The van der Waals surface area contributed by atoms with Crippen molar-refractivity contribution < 1.29 is 0 Å². The van der Waals surface area contributed by atoms with Crippen molar-refractivity contribution in [2.45, 2.75) is 33.1 Å². The van der Waals surface area contributed by atoms with Gasteiger partial charge in [-0.15, -0.1) is 0 Å². The number of anilines is 1. The predicted octanol–water partition coefficient (Wildman–Crippen LogP) is 2.65. The highest BCUT2D eigenvalue weighted by atomic mass is 32.1. The van der Waals surface area contributed by atoms with Gasteiger partial charge in [0.05, 0.1) is 5.56 Å². The lowest BCUT2D eigenvalue weighted by Gasteiger charge is -2.34. The van der Waals surface area contributed by atoms with Gasteiger partial charge in [0.25, 0.3) is 0 Å². The van der Waals surface area contributed by atoms with E-state index >= 15 is 0 Å². The number of pyridine rings is 1. The quantitative estimate of drug-likeness (QED) is 0.851. The maximum Gasteiger partial charge on any atom is 0.139 e. The predicted molar refractivity (Wildman–Crippen MR) is 80.1 cm³/mol. The van der Waals surface area contributed by atoms with Crippen molar-refractivity contribution in [3.63, 3.8) is 0 Å². The fourth-order valence-corrected chi connectivity index (χ4v) is 2.93. The molecule has 1 aromatic rings. The van der Waals surface area contributed by atoms with Crippen LogP contribution in [-0.2, 0) is 0 Å².